The molecule has 0 spiro atoms. The SMILES string of the molecule is CC(C)(C)OC(=O)N1CCC[C@H](c2csc(NC(=O)CN)n2)C1. The summed E-state index contributed by atoms with van der Waals surface area (Å²) in [5.74, 6) is -0.0963. The Balaban J connectivity index is 1.98. The van der Waals surface area contributed by atoms with E-state index in [1.54, 1.807) is 4.90 Å². The first-order valence-corrected chi connectivity index (χ1v) is 8.59. The molecule has 1 aliphatic rings. The van der Waals surface area contributed by atoms with E-state index < -0.39 is 5.60 Å². The van der Waals surface area contributed by atoms with Crippen LogP contribution in [-0.2, 0) is 9.53 Å². The van der Waals surface area contributed by atoms with Crippen molar-refractivity contribution < 1.29 is 14.3 Å². The van der Waals surface area contributed by atoms with Gasteiger partial charge >= 0.3 is 6.09 Å². The van der Waals surface area contributed by atoms with Gasteiger partial charge in [-0.25, -0.2) is 9.78 Å². The molecule has 0 saturated carbocycles. The number of nitrogens with zero attached hydrogens (tertiary/aromatic N) is 2. The molecule has 0 aliphatic carbocycles. The van der Waals surface area contributed by atoms with Crippen LogP contribution in [0.25, 0.3) is 0 Å². The van der Waals surface area contributed by atoms with Gasteiger partial charge in [0.1, 0.15) is 5.60 Å². The van der Waals surface area contributed by atoms with E-state index in [9.17, 15) is 9.59 Å². The number of hydrogen-bond donors (Lipinski definition) is 2. The molecule has 1 saturated heterocycles. The molecule has 0 radical (unpaired) electrons. The number of amides is 2. The number of nitrogens with two attached hydrogens (primary N) is 1. The Morgan fingerprint density at radius 3 is 2.91 bits per heavy atom. The van der Waals surface area contributed by atoms with Crippen molar-refractivity contribution in [1.29, 1.82) is 0 Å². The Morgan fingerprint density at radius 1 is 1.52 bits per heavy atom. The van der Waals surface area contributed by atoms with Gasteiger partial charge in [0.05, 0.1) is 12.2 Å². The predicted octanol–water partition coefficient (Wildman–Crippen LogP) is 2.15. The molecule has 3 N–H and O–H groups in total. The summed E-state index contributed by atoms with van der Waals surface area (Å²) in [6, 6.07) is 0. The third-order valence-electron chi connectivity index (χ3n) is 3.45. The van der Waals surface area contributed by atoms with Crippen LogP contribution >= 0.6 is 11.3 Å². The molecule has 1 aliphatic heterocycles. The Kier molecular flexibility index (Phi) is 5.59. The normalized spacial score (nSPS) is 18.6. The summed E-state index contributed by atoms with van der Waals surface area (Å²) in [5, 5.41) is 5.13. The highest BCUT2D eigenvalue weighted by molar-refractivity contribution is 7.13. The quantitative estimate of drug-likeness (QED) is 0.878. The van der Waals surface area contributed by atoms with Gasteiger partial charge in [0.2, 0.25) is 5.91 Å². The average Bonchev–Trinajstić information content (AvgIpc) is 2.94. The van der Waals surface area contributed by atoms with Crippen molar-refractivity contribution in [3.05, 3.63) is 11.1 Å². The van der Waals surface area contributed by atoms with Crippen LogP contribution in [0.3, 0.4) is 0 Å². The lowest BCUT2D eigenvalue weighted by molar-refractivity contribution is -0.114. The number of rotatable bonds is 3. The molecule has 1 aromatic heterocycles. The van der Waals surface area contributed by atoms with Gasteiger partial charge in [-0.15, -0.1) is 11.3 Å². The second-order valence-electron chi connectivity index (χ2n) is 6.60. The molecule has 1 aromatic rings. The van der Waals surface area contributed by atoms with E-state index >= 15 is 0 Å². The maximum Gasteiger partial charge on any atom is 0.410 e. The van der Waals surface area contributed by atoms with Crippen LogP contribution in [0.2, 0.25) is 0 Å². The summed E-state index contributed by atoms with van der Waals surface area (Å²) in [6.45, 7) is 6.80. The van der Waals surface area contributed by atoms with Crippen molar-refractivity contribution in [2.45, 2.75) is 45.1 Å². The first-order chi connectivity index (χ1) is 10.8. The minimum atomic E-state index is -0.496. The van der Waals surface area contributed by atoms with Gasteiger partial charge in [-0.2, -0.15) is 0 Å². The van der Waals surface area contributed by atoms with Crippen molar-refractivity contribution in [1.82, 2.24) is 9.88 Å². The van der Waals surface area contributed by atoms with Gasteiger partial charge in [-0.3, -0.25) is 4.79 Å². The van der Waals surface area contributed by atoms with Crippen molar-refractivity contribution in [2.24, 2.45) is 5.73 Å². The van der Waals surface area contributed by atoms with Crippen LogP contribution in [0.5, 0.6) is 0 Å². The summed E-state index contributed by atoms with van der Waals surface area (Å²) < 4.78 is 5.43. The molecule has 8 heteroatoms. The highest BCUT2D eigenvalue weighted by Crippen LogP contribution is 2.30. The third kappa shape index (κ3) is 5.18. The largest absolute Gasteiger partial charge is 0.444 e. The molecule has 1 atom stereocenters. The van der Waals surface area contributed by atoms with Gasteiger partial charge in [0.25, 0.3) is 0 Å². The van der Waals surface area contributed by atoms with E-state index in [2.05, 4.69) is 10.3 Å². The van der Waals surface area contributed by atoms with Crippen molar-refractivity contribution in [3.8, 4) is 0 Å². The Bertz CT molecular complexity index is 567. The molecule has 128 valence electrons. The van der Waals surface area contributed by atoms with Crippen LogP contribution in [0.1, 0.15) is 45.2 Å². The lowest BCUT2D eigenvalue weighted by atomic mass is 9.96. The van der Waals surface area contributed by atoms with Crippen molar-refractivity contribution >= 4 is 28.5 Å². The fourth-order valence-corrected chi connectivity index (χ4v) is 3.22. The van der Waals surface area contributed by atoms with Gasteiger partial charge in [-0.05, 0) is 33.6 Å². The summed E-state index contributed by atoms with van der Waals surface area (Å²) in [7, 11) is 0. The molecule has 7 nitrogen and oxygen atoms in total. The van der Waals surface area contributed by atoms with Crippen LogP contribution < -0.4 is 11.1 Å². The molecule has 1 fully saturated rings. The molecule has 0 aromatic carbocycles. The van der Waals surface area contributed by atoms with E-state index in [-0.39, 0.29) is 24.5 Å². The lowest BCUT2D eigenvalue weighted by Crippen LogP contribution is -2.42. The molecular weight excluding hydrogens is 316 g/mol. The van der Waals surface area contributed by atoms with Gasteiger partial charge < -0.3 is 20.7 Å². The topological polar surface area (TPSA) is 97.5 Å². The van der Waals surface area contributed by atoms with E-state index in [4.69, 9.17) is 10.5 Å². The molecule has 2 amide bonds. The summed E-state index contributed by atoms with van der Waals surface area (Å²) >= 11 is 1.37. The van der Waals surface area contributed by atoms with Crippen LogP contribution in [0.15, 0.2) is 5.38 Å². The second-order valence-corrected chi connectivity index (χ2v) is 7.45. The smallest absolute Gasteiger partial charge is 0.410 e. The number of piperidine rings is 1. The number of carbonyl (C=O) groups is 2. The zero-order valence-corrected chi connectivity index (χ0v) is 14.6. The number of aromatic nitrogens is 1. The van der Waals surface area contributed by atoms with E-state index in [1.165, 1.54) is 11.3 Å². The maximum atomic E-state index is 12.2. The van der Waals surface area contributed by atoms with Crippen LogP contribution in [-0.4, -0.2) is 47.1 Å². The number of thiazole rings is 1. The highest BCUT2D eigenvalue weighted by Gasteiger charge is 2.29. The molecule has 2 heterocycles. The van der Waals surface area contributed by atoms with E-state index in [0.29, 0.717) is 18.2 Å². The third-order valence-corrected chi connectivity index (χ3v) is 4.22. The molecule has 0 bridgehead atoms. The first kappa shape index (κ1) is 17.7. The maximum absolute atomic E-state index is 12.2. The molecule has 2 rings (SSSR count). The van der Waals surface area contributed by atoms with Gasteiger partial charge in [0.15, 0.2) is 5.13 Å². The number of hydrogen-bond acceptors (Lipinski definition) is 6. The Hall–Kier alpha value is -1.67. The first-order valence-electron chi connectivity index (χ1n) is 7.72. The Labute approximate surface area is 140 Å². The number of carbonyl (C=O) groups excluding carboxylic acids is 2. The van der Waals surface area contributed by atoms with E-state index in [0.717, 1.165) is 18.5 Å². The zero-order chi connectivity index (χ0) is 17.0. The average molecular weight is 340 g/mol. The van der Waals surface area contributed by atoms with Gasteiger partial charge in [0, 0.05) is 24.4 Å². The van der Waals surface area contributed by atoms with Crippen LogP contribution in [0.4, 0.5) is 9.93 Å². The lowest BCUT2D eigenvalue weighted by Gasteiger charge is -2.33. The number of nitrogens with one attached hydrogen (secondary N) is 1. The number of likely N-dealkylation sites (tertiary alicyclic amines) is 1. The zero-order valence-electron chi connectivity index (χ0n) is 13.8. The molecular formula is C15H24N4O3S. The monoisotopic (exact) mass is 340 g/mol. The van der Waals surface area contributed by atoms with E-state index in [1.807, 2.05) is 26.2 Å². The number of anilines is 1. The van der Waals surface area contributed by atoms with Crippen LogP contribution in [0, 0.1) is 0 Å². The fourth-order valence-electron chi connectivity index (χ4n) is 2.41. The Morgan fingerprint density at radius 2 is 2.26 bits per heavy atom. The summed E-state index contributed by atoms with van der Waals surface area (Å²) in [5.41, 5.74) is 5.68. The predicted molar refractivity (Wildman–Crippen MR) is 89.6 cm³/mol. The standard InChI is InChI=1S/C15H24N4O3S/c1-15(2,3)22-14(21)19-6-4-5-10(8-19)11-9-23-13(17-11)18-12(20)7-16/h9-10H,4-8,16H2,1-3H3,(H,17,18,20)/t10-/m0/s1. The molecule has 0 unspecified atom stereocenters. The van der Waals surface area contributed by atoms with Gasteiger partial charge in [-0.1, -0.05) is 0 Å². The number of ether oxygens (including phenoxy) is 1. The van der Waals surface area contributed by atoms with Crippen molar-refractivity contribution in [3.63, 3.8) is 0 Å². The highest BCUT2D eigenvalue weighted by atomic mass is 32.1. The summed E-state index contributed by atoms with van der Waals surface area (Å²) in [6.07, 6.45) is 1.59. The van der Waals surface area contributed by atoms with Crippen molar-refractivity contribution in [2.75, 3.05) is 25.0 Å². The fraction of sp³-hybridized carbons (Fsp3) is 0.667. The second kappa shape index (κ2) is 7.27. The molecule has 23 heavy (non-hydrogen) atoms. The summed E-state index contributed by atoms with van der Waals surface area (Å²) in [4.78, 5) is 29.7. The minimum absolute atomic E-state index is 0.0647. The minimum Gasteiger partial charge on any atom is -0.444 e.